The number of nitrogens with one attached hydrogen (secondary N) is 2. The number of carbonyl (C=O) groups is 1. The largest absolute Gasteiger partial charge is 0.497 e. The maximum atomic E-state index is 12.8. The van der Waals surface area contributed by atoms with E-state index in [1.807, 2.05) is 36.4 Å². The van der Waals surface area contributed by atoms with Crippen LogP contribution in [0.2, 0.25) is 10.0 Å². The first-order valence-electron chi connectivity index (χ1n) is 9.20. The normalized spacial score (nSPS) is 13.3. The molecular weight excluding hydrogens is 433 g/mol. The summed E-state index contributed by atoms with van der Waals surface area (Å²) in [6, 6.07) is 11.1. The number of aromatic nitrogens is 1. The maximum absolute atomic E-state index is 12.8. The maximum Gasteiger partial charge on any atom is 0.244 e. The Morgan fingerprint density at radius 3 is 2.55 bits per heavy atom. The van der Waals surface area contributed by atoms with Gasteiger partial charge in [-0.1, -0.05) is 23.2 Å². The lowest BCUT2D eigenvalue weighted by molar-refractivity contribution is -0.116. The molecule has 0 radical (unpaired) electrons. The summed E-state index contributed by atoms with van der Waals surface area (Å²) < 4.78 is 7.22. The van der Waals surface area contributed by atoms with E-state index in [1.54, 1.807) is 7.11 Å². The summed E-state index contributed by atoms with van der Waals surface area (Å²) in [4.78, 5) is 12.8. The molecule has 1 aromatic heterocycles. The standard InChI is InChI=1S/C21H21Cl2N3O2.ClH/c1-28-14-4-2-13(3-5-14)25-21(27)12-26-19-7-9-24-8-6-15(19)16-10-17(22)18(23)11-20(16)26;/h2-5,10-11,24H,6-9,12H2,1H3,(H,25,27);1H. The van der Waals surface area contributed by atoms with Crippen LogP contribution in [0.25, 0.3) is 10.9 Å². The minimum atomic E-state index is -0.0897. The number of carbonyl (C=O) groups excluding carboxylic acids is 1. The highest BCUT2D eigenvalue weighted by Gasteiger charge is 2.21. The topological polar surface area (TPSA) is 55.3 Å². The molecule has 1 aliphatic heterocycles. The number of fused-ring (bicyclic) bond motifs is 3. The van der Waals surface area contributed by atoms with Crippen molar-refractivity contribution in [3.63, 3.8) is 0 Å². The van der Waals surface area contributed by atoms with Gasteiger partial charge in [0.1, 0.15) is 12.3 Å². The summed E-state index contributed by atoms with van der Waals surface area (Å²) in [7, 11) is 1.61. The Balaban J connectivity index is 0.00000240. The van der Waals surface area contributed by atoms with Gasteiger partial charge in [0.05, 0.1) is 22.7 Å². The van der Waals surface area contributed by atoms with Crippen LogP contribution in [0.4, 0.5) is 5.69 Å². The predicted octanol–water partition coefficient (Wildman–Crippen LogP) is 4.71. The molecule has 0 spiro atoms. The Labute approximate surface area is 185 Å². The molecule has 8 heteroatoms. The number of methoxy groups -OCH3 is 1. The van der Waals surface area contributed by atoms with E-state index in [9.17, 15) is 4.79 Å². The zero-order chi connectivity index (χ0) is 19.7. The van der Waals surface area contributed by atoms with Crippen LogP contribution in [0.3, 0.4) is 0 Å². The summed E-state index contributed by atoms with van der Waals surface area (Å²) in [5, 5.41) is 8.48. The van der Waals surface area contributed by atoms with Gasteiger partial charge in [0.2, 0.25) is 5.91 Å². The van der Waals surface area contributed by atoms with Crippen molar-refractivity contribution in [2.75, 3.05) is 25.5 Å². The number of anilines is 1. The van der Waals surface area contributed by atoms with Gasteiger partial charge in [-0.25, -0.2) is 0 Å². The fraction of sp³-hybridized carbons (Fsp3) is 0.286. The van der Waals surface area contributed by atoms with Crippen molar-refractivity contribution in [2.45, 2.75) is 19.4 Å². The number of benzene rings is 2. The van der Waals surface area contributed by atoms with E-state index in [2.05, 4.69) is 15.2 Å². The molecule has 3 aromatic rings. The molecule has 0 saturated carbocycles. The van der Waals surface area contributed by atoms with Crippen molar-refractivity contribution in [2.24, 2.45) is 0 Å². The molecule has 0 saturated heterocycles. The number of hydrogen-bond donors (Lipinski definition) is 2. The third-order valence-electron chi connectivity index (χ3n) is 5.09. The highest BCUT2D eigenvalue weighted by molar-refractivity contribution is 6.42. The van der Waals surface area contributed by atoms with Gasteiger partial charge in [-0.15, -0.1) is 12.4 Å². The lowest BCUT2D eigenvalue weighted by Crippen LogP contribution is -2.21. The molecule has 1 amide bonds. The van der Waals surface area contributed by atoms with E-state index >= 15 is 0 Å². The quantitative estimate of drug-likeness (QED) is 0.600. The Hall–Kier alpha value is -1.92. The molecule has 2 heterocycles. The van der Waals surface area contributed by atoms with Crippen molar-refractivity contribution in [3.8, 4) is 5.75 Å². The second-order valence-electron chi connectivity index (χ2n) is 6.82. The first-order valence-corrected chi connectivity index (χ1v) is 9.96. The van der Waals surface area contributed by atoms with Gasteiger partial charge in [-0.2, -0.15) is 0 Å². The second-order valence-corrected chi connectivity index (χ2v) is 7.64. The number of rotatable bonds is 4. The van der Waals surface area contributed by atoms with E-state index in [0.29, 0.717) is 10.0 Å². The molecule has 0 unspecified atom stereocenters. The third kappa shape index (κ3) is 4.48. The fourth-order valence-electron chi connectivity index (χ4n) is 3.77. The van der Waals surface area contributed by atoms with Crippen molar-refractivity contribution < 1.29 is 9.53 Å². The number of hydrogen-bond acceptors (Lipinski definition) is 3. The van der Waals surface area contributed by atoms with Crippen LogP contribution in [0.5, 0.6) is 5.75 Å². The zero-order valence-corrected chi connectivity index (χ0v) is 18.3. The molecule has 2 N–H and O–H groups in total. The molecular formula is C21H22Cl3N3O2. The number of nitrogens with zero attached hydrogens (tertiary/aromatic N) is 1. The summed E-state index contributed by atoms with van der Waals surface area (Å²) in [6.45, 7) is 2.01. The molecule has 0 atom stereocenters. The summed E-state index contributed by atoms with van der Waals surface area (Å²) in [6.07, 6.45) is 1.76. The SMILES string of the molecule is COc1ccc(NC(=O)Cn2c3c(c4cc(Cl)c(Cl)cc42)CCNCC3)cc1.Cl. The van der Waals surface area contributed by atoms with Crippen molar-refractivity contribution in [1.29, 1.82) is 0 Å². The first-order chi connectivity index (χ1) is 13.6. The average molecular weight is 455 g/mol. The molecule has 0 aliphatic carbocycles. The van der Waals surface area contributed by atoms with Crippen molar-refractivity contribution in [1.82, 2.24) is 9.88 Å². The number of halogens is 3. The van der Waals surface area contributed by atoms with Crippen LogP contribution in [0, 0.1) is 0 Å². The van der Waals surface area contributed by atoms with Crippen molar-refractivity contribution >= 4 is 58.1 Å². The van der Waals surface area contributed by atoms with Crippen LogP contribution in [-0.2, 0) is 24.2 Å². The summed E-state index contributed by atoms with van der Waals surface area (Å²) in [5.74, 6) is 0.659. The average Bonchev–Trinajstić information content (AvgIpc) is 2.85. The zero-order valence-electron chi connectivity index (χ0n) is 15.9. The number of ether oxygens (including phenoxy) is 1. The lowest BCUT2D eigenvalue weighted by Gasteiger charge is -2.12. The fourth-order valence-corrected chi connectivity index (χ4v) is 4.10. The molecule has 154 valence electrons. The van der Waals surface area contributed by atoms with E-state index < -0.39 is 0 Å². The highest BCUT2D eigenvalue weighted by atomic mass is 35.5. The Kier molecular flexibility index (Phi) is 6.96. The van der Waals surface area contributed by atoms with Crippen molar-refractivity contribution in [3.05, 3.63) is 57.7 Å². The van der Waals surface area contributed by atoms with Gasteiger partial charge >= 0.3 is 0 Å². The van der Waals surface area contributed by atoms with Gasteiger partial charge in [0, 0.05) is 29.7 Å². The summed E-state index contributed by atoms with van der Waals surface area (Å²) >= 11 is 12.6. The Bertz CT molecular complexity index is 1030. The van der Waals surface area contributed by atoms with E-state index in [4.69, 9.17) is 27.9 Å². The van der Waals surface area contributed by atoms with Crippen LogP contribution in [-0.4, -0.2) is 30.7 Å². The monoisotopic (exact) mass is 453 g/mol. The molecule has 1 aliphatic rings. The second kappa shape index (κ2) is 9.26. The molecule has 0 bridgehead atoms. The molecule has 2 aromatic carbocycles. The third-order valence-corrected chi connectivity index (χ3v) is 5.82. The molecule has 5 nitrogen and oxygen atoms in total. The molecule has 0 fully saturated rings. The van der Waals surface area contributed by atoms with Gasteiger partial charge in [0.15, 0.2) is 0 Å². The van der Waals surface area contributed by atoms with Gasteiger partial charge in [-0.05, 0) is 54.9 Å². The predicted molar refractivity (Wildman–Crippen MR) is 121 cm³/mol. The van der Waals surface area contributed by atoms with E-state index in [1.165, 1.54) is 11.3 Å². The van der Waals surface area contributed by atoms with Gasteiger partial charge < -0.3 is 19.9 Å². The smallest absolute Gasteiger partial charge is 0.244 e. The van der Waals surface area contributed by atoms with Gasteiger partial charge in [-0.3, -0.25) is 4.79 Å². The number of amides is 1. The minimum Gasteiger partial charge on any atom is -0.497 e. The van der Waals surface area contributed by atoms with E-state index in [0.717, 1.165) is 48.3 Å². The van der Waals surface area contributed by atoms with Crippen LogP contribution < -0.4 is 15.4 Å². The molecule has 29 heavy (non-hydrogen) atoms. The van der Waals surface area contributed by atoms with Crippen LogP contribution >= 0.6 is 35.6 Å². The minimum absolute atomic E-state index is 0. The lowest BCUT2D eigenvalue weighted by atomic mass is 10.1. The summed E-state index contributed by atoms with van der Waals surface area (Å²) in [5.41, 5.74) is 4.10. The van der Waals surface area contributed by atoms with Crippen LogP contribution in [0.1, 0.15) is 11.3 Å². The highest BCUT2D eigenvalue weighted by Crippen LogP contribution is 2.34. The van der Waals surface area contributed by atoms with Gasteiger partial charge in [0.25, 0.3) is 0 Å². The van der Waals surface area contributed by atoms with Crippen LogP contribution in [0.15, 0.2) is 36.4 Å². The Morgan fingerprint density at radius 1 is 1.14 bits per heavy atom. The Morgan fingerprint density at radius 2 is 1.83 bits per heavy atom. The molecule has 4 rings (SSSR count). The van der Waals surface area contributed by atoms with E-state index in [-0.39, 0.29) is 24.9 Å². The first kappa shape index (κ1) is 21.8.